The van der Waals surface area contributed by atoms with Crippen molar-refractivity contribution in [2.75, 3.05) is 52.0 Å². The summed E-state index contributed by atoms with van der Waals surface area (Å²) in [5.41, 5.74) is 3.58. The van der Waals surface area contributed by atoms with Crippen molar-refractivity contribution in [3.63, 3.8) is 0 Å². The Morgan fingerprint density at radius 1 is 0.978 bits per heavy atom. The lowest BCUT2D eigenvalue weighted by atomic mass is 9.84. The van der Waals surface area contributed by atoms with Crippen molar-refractivity contribution >= 4 is 26.0 Å². The van der Waals surface area contributed by atoms with Gasteiger partial charge < -0.3 is 38.3 Å². The molecule has 1 fully saturated rings. The number of hydrogen-bond acceptors (Lipinski definition) is 7. The highest BCUT2D eigenvalue weighted by molar-refractivity contribution is 6.77. The Morgan fingerprint density at radius 3 is 2.22 bits per heavy atom. The number of rotatable bonds is 14. The van der Waals surface area contributed by atoms with Gasteiger partial charge in [0.1, 0.15) is 11.5 Å². The Labute approximate surface area is 275 Å². The Bertz CT molecular complexity index is 1300. The number of methoxy groups -OCH3 is 2. The Balaban J connectivity index is 1.69. The van der Waals surface area contributed by atoms with E-state index in [1.54, 1.807) is 19.1 Å². The first-order valence-corrected chi connectivity index (χ1v) is 18.5. The van der Waals surface area contributed by atoms with E-state index in [0.29, 0.717) is 47.6 Å². The summed E-state index contributed by atoms with van der Waals surface area (Å²) in [6.45, 7) is 15.2. The summed E-state index contributed by atoms with van der Waals surface area (Å²) >= 11 is 0. The monoisotopic (exact) mass is 656 g/mol. The van der Waals surface area contributed by atoms with Crippen LogP contribution >= 0.6 is 0 Å². The Hall–Kier alpha value is -3.12. The van der Waals surface area contributed by atoms with Crippen molar-refractivity contribution in [2.24, 2.45) is 0 Å². The predicted octanol–water partition coefficient (Wildman–Crippen LogP) is 6.68. The number of piperidine rings is 1. The molecule has 46 heavy (non-hydrogen) atoms. The molecule has 2 aliphatic rings. The molecule has 4 rings (SSSR count). The first-order valence-electron chi connectivity index (χ1n) is 16.4. The van der Waals surface area contributed by atoms with Gasteiger partial charge in [0.25, 0.3) is 5.91 Å². The van der Waals surface area contributed by atoms with Crippen LogP contribution in [0.15, 0.2) is 42.5 Å². The lowest BCUT2D eigenvalue weighted by molar-refractivity contribution is -0.121. The van der Waals surface area contributed by atoms with Crippen LogP contribution in [-0.4, -0.2) is 89.6 Å². The third-order valence-corrected chi connectivity index (χ3v) is 15.7. The molecule has 0 saturated carbocycles. The molecule has 0 spiro atoms. The number of carboxylic acid groups (broad SMARTS) is 1. The third-order valence-electron chi connectivity index (χ3n) is 9.60. The summed E-state index contributed by atoms with van der Waals surface area (Å²) in [5, 5.41) is 10.2. The van der Waals surface area contributed by atoms with Gasteiger partial charge in [-0.2, -0.15) is 0 Å². The number of carbonyl (C=O) groups excluding carboxylic acids is 1. The fourth-order valence-corrected chi connectivity index (χ4v) is 13.0. The molecule has 3 unspecified atom stereocenters. The molecule has 1 N–H and O–H groups in total. The summed E-state index contributed by atoms with van der Waals surface area (Å²) in [7, 11) is 0.893. The molecule has 10 nitrogen and oxygen atoms in total. The standard InChI is InChI=1S/C35H52N2O8Si/c1-23(2)46(24(3)4,25(5)6)45-32-20-36(35(39)40)19-31(34(32)27-11-13-28(42-8)14-12-27)43-21-26-10-15-30-29(18-26)37(16-9-17-41-7)33(38)22-44-30/h10-15,18,23-25,31-32,34H,9,16-17,19-22H2,1-8H3,(H,39,40). The van der Waals surface area contributed by atoms with Crippen LogP contribution < -0.4 is 14.4 Å². The number of nitrogens with zero attached hydrogens (tertiary/aromatic N) is 2. The number of hydrogen-bond donors (Lipinski definition) is 1. The fraction of sp³-hybridized carbons (Fsp3) is 0.600. The molecule has 0 aromatic heterocycles. The van der Waals surface area contributed by atoms with Gasteiger partial charge in [0, 0.05) is 32.7 Å². The summed E-state index contributed by atoms with van der Waals surface area (Å²) in [6, 6.07) is 13.7. The van der Waals surface area contributed by atoms with Crippen molar-refractivity contribution in [1.29, 1.82) is 0 Å². The molecule has 3 atom stereocenters. The number of fused-ring (bicyclic) bond motifs is 1. The van der Waals surface area contributed by atoms with Gasteiger partial charge >= 0.3 is 6.09 Å². The summed E-state index contributed by atoms with van der Waals surface area (Å²) < 4.78 is 30.4. The number of amides is 2. The summed E-state index contributed by atoms with van der Waals surface area (Å²) in [4.78, 5) is 28.4. The average molecular weight is 657 g/mol. The van der Waals surface area contributed by atoms with Crippen LogP contribution in [0, 0.1) is 0 Å². The summed E-state index contributed by atoms with van der Waals surface area (Å²) in [5.74, 6) is 1.09. The Morgan fingerprint density at radius 2 is 1.63 bits per heavy atom. The Kier molecular flexibility index (Phi) is 12.2. The van der Waals surface area contributed by atoms with Crippen molar-refractivity contribution in [3.8, 4) is 11.5 Å². The highest BCUT2D eigenvalue weighted by atomic mass is 28.4. The van der Waals surface area contributed by atoms with Gasteiger partial charge in [-0.25, -0.2) is 4.79 Å². The van der Waals surface area contributed by atoms with Crippen LogP contribution in [0.25, 0.3) is 0 Å². The van der Waals surface area contributed by atoms with Gasteiger partial charge in [-0.05, 0) is 58.4 Å². The molecule has 11 heteroatoms. The molecular weight excluding hydrogens is 604 g/mol. The van der Waals surface area contributed by atoms with E-state index in [2.05, 4.69) is 41.5 Å². The third kappa shape index (κ3) is 7.70. The van der Waals surface area contributed by atoms with Gasteiger partial charge in [0.2, 0.25) is 8.32 Å². The highest BCUT2D eigenvalue weighted by Gasteiger charge is 2.51. The van der Waals surface area contributed by atoms with E-state index >= 15 is 0 Å². The van der Waals surface area contributed by atoms with Gasteiger partial charge in [-0.3, -0.25) is 4.79 Å². The van der Waals surface area contributed by atoms with Crippen molar-refractivity contribution in [1.82, 2.24) is 4.90 Å². The molecule has 2 aliphatic heterocycles. The lowest BCUT2D eigenvalue weighted by Gasteiger charge is -2.50. The van der Waals surface area contributed by atoms with Gasteiger partial charge in [0.05, 0.1) is 38.2 Å². The molecule has 1 saturated heterocycles. The molecule has 2 heterocycles. The minimum atomic E-state index is -2.39. The van der Waals surface area contributed by atoms with Crippen LogP contribution in [0.3, 0.4) is 0 Å². The minimum absolute atomic E-state index is 0.00178. The second-order valence-electron chi connectivity index (χ2n) is 13.3. The van der Waals surface area contributed by atoms with E-state index in [-0.39, 0.29) is 38.1 Å². The van der Waals surface area contributed by atoms with E-state index in [9.17, 15) is 14.7 Å². The maximum absolute atomic E-state index is 12.8. The predicted molar refractivity (Wildman–Crippen MR) is 181 cm³/mol. The SMILES string of the molecule is COCCCN1C(=O)COc2ccc(COC3CN(C(=O)O)CC(O[Si](C(C)C)(C(C)C)C(C)C)C3c3ccc(OC)cc3)cc21. The molecular formula is C35H52N2O8Si. The van der Waals surface area contributed by atoms with Crippen molar-refractivity contribution in [3.05, 3.63) is 53.6 Å². The van der Waals surface area contributed by atoms with Crippen LogP contribution in [0.4, 0.5) is 10.5 Å². The maximum Gasteiger partial charge on any atom is 0.407 e. The van der Waals surface area contributed by atoms with Gasteiger partial charge in [-0.15, -0.1) is 0 Å². The number of likely N-dealkylation sites (tertiary alicyclic amines) is 1. The smallest absolute Gasteiger partial charge is 0.407 e. The lowest BCUT2D eigenvalue weighted by Crippen LogP contribution is -2.59. The number of carbonyl (C=O) groups is 2. The molecule has 2 amide bonds. The van der Waals surface area contributed by atoms with E-state index in [1.807, 2.05) is 42.5 Å². The topological polar surface area (TPSA) is 107 Å². The maximum atomic E-state index is 12.8. The largest absolute Gasteiger partial charge is 0.497 e. The molecule has 0 radical (unpaired) electrons. The van der Waals surface area contributed by atoms with Crippen molar-refractivity contribution in [2.45, 2.75) is 89.3 Å². The first kappa shape index (κ1) is 35.7. The number of ether oxygens (including phenoxy) is 4. The number of benzene rings is 2. The molecule has 0 aliphatic carbocycles. The average Bonchev–Trinajstić information content (AvgIpc) is 3.02. The number of anilines is 1. The molecule has 254 valence electrons. The van der Waals surface area contributed by atoms with Crippen LogP contribution in [0.1, 0.15) is 65.0 Å². The molecule has 2 aromatic carbocycles. The zero-order valence-corrected chi connectivity index (χ0v) is 29.7. The second kappa shape index (κ2) is 15.6. The normalized spacial score (nSPS) is 20.3. The highest BCUT2D eigenvalue weighted by Crippen LogP contribution is 2.46. The first-order chi connectivity index (χ1) is 21.9. The van der Waals surface area contributed by atoms with Crippen molar-refractivity contribution < 1.29 is 38.1 Å². The summed E-state index contributed by atoms with van der Waals surface area (Å²) in [6.07, 6.45) is -1.16. The zero-order valence-electron chi connectivity index (χ0n) is 28.7. The minimum Gasteiger partial charge on any atom is -0.497 e. The van der Waals surface area contributed by atoms with E-state index in [0.717, 1.165) is 16.9 Å². The van der Waals surface area contributed by atoms with Crippen LogP contribution in [-0.2, 0) is 25.3 Å². The van der Waals surface area contributed by atoms with E-state index < -0.39 is 26.6 Å². The zero-order chi connectivity index (χ0) is 33.6. The van der Waals surface area contributed by atoms with E-state index in [4.69, 9.17) is 23.4 Å². The van der Waals surface area contributed by atoms with Gasteiger partial charge in [0.15, 0.2) is 6.61 Å². The quantitative estimate of drug-likeness (QED) is 0.177. The fourth-order valence-electron chi connectivity index (χ4n) is 7.48. The van der Waals surface area contributed by atoms with E-state index in [1.165, 1.54) is 4.90 Å². The molecule has 0 bridgehead atoms. The van der Waals surface area contributed by atoms with Gasteiger partial charge in [-0.1, -0.05) is 59.7 Å². The van der Waals surface area contributed by atoms with Crippen LogP contribution in [0.5, 0.6) is 11.5 Å². The molecule has 2 aromatic rings. The second-order valence-corrected chi connectivity index (χ2v) is 18.7. The van der Waals surface area contributed by atoms with Crippen LogP contribution in [0.2, 0.25) is 16.6 Å².